The van der Waals surface area contributed by atoms with Crippen LogP contribution < -0.4 is 10.6 Å². The number of aryl methyl sites for hydroxylation is 1. The van der Waals surface area contributed by atoms with Gasteiger partial charge in [-0.3, -0.25) is 0 Å². The van der Waals surface area contributed by atoms with Gasteiger partial charge in [0.15, 0.2) is 5.16 Å². The molecule has 0 saturated carbocycles. The zero-order chi connectivity index (χ0) is 22.0. The van der Waals surface area contributed by atoms with E-state index in [1.165, 1.54) is 11.8 Å². The summed E-state index contributed by atoms with van der Waals surface area (Å²) in [4.78, 5) is 17.7. The quantitative estimate of drug-likeness (QED) is 0.292. The number of rotatable bonds is 6. The van der Waals surface area contributed by atoms with E-state index in [0.29, 0.717) is 48.5 Å². The zero-order valence-corrected chi connectivity index (χ0v) is 19.6. The van der Waals surface area contributed by atoms with Gasteiger partial charge in [0.05, 0.1) is 20.1 Å². The molecular formula is C19H13Cl4N7S. The first-order valence-corrected chi connectivity index (χ1v) is 11.1. The van der Waals surface area contributed by atoms with E-state index < -0.39 is 0 Å². The van der Waals surface area contributed by atoms with Gasteiger partial charge in [-0.25, -0.2) is 4.98 Å². The van der Waals surface area contributed by atoms with Gasteiger partial charge in [0, 0.05) is 30.8 Å². The fourth-order valence-electron chi connectivity index (χ4n) is 2.45. The molecule has 2 N–H and O–H groups in total. The Morgan fingerprint density at radius 2 is 1.32 bits per heavy atom. The molecule has 4 aromatic rings. The molecule has 0 spiro atoms. The molecule has 0 bridgehead atoms. The maximum absolute atomic E-state index is 6.11. The van der Waals surface area contributed by atoms with E-state index in [2.05, 4.69) is 30.6 Å². The van der Waals surface area contributed by atoms with Crippen molar-refractivity contribution in [2.75, 3.05) is 10.6 Å². The fraction of sp³-hybridized carbons (Fsp3) is 0.0526. The van der Waals surface area contributed by atoms with Crippen molar-refractivity contribution in [1.29, 1.82) is 0 Å². The molecule has 2 aromatic heterocycles. The molecule has 0 radical (unpaired) electrons. The monoisotopic (exact) mass is 511 g/mol. The maximum Gasteiger partial charge on any atom is 0.233 e. The van der Waals surface area contributed by atoms with E-state index in [1.54, 1.807) is 42.6 Å². The molecule has 0 saturated heterocycles. The third-order valence-electron chi connectivity index (χ3n) is 3.93. The zero-order valence-electron chi connectivity index (χ0n) is 15.8. The van der Waals surface area contributed by atoms with E-state index in [4.69, 9.17) is 46.4 Å². The smallest absolute Gasteiger partial charge is 0.233 e. The van der Waals surface area contributed by atoms with Gasteiger partial charge >= 0.3 is 0 Å². The topological polar surface area (TPSA) is 80.5 Å². The average Bonchev–Trinajstić information content (AvgIpc) is 3.12. The molecule has 4 rings (SSSR count). The van der Waals surface area contributed by atoms with Crippen LogP contribution in [0.2, 0.25) is 20.1 Å². The molecule has 0 aliphatic carbocycles. The van der Waals surface area contributed by atoms with Gasteiger partial charge in [-0.15, -0.1) is 0 Å². The maximum atomic E-state index is 6.11. The van der Waals surface area contributed by atoms with Gasteiger partial charge in [0.25, 0.3) is 0 Å². The SMILES string of the molecule is Cn1ccnc1Sc1nc(Nc2ccc(Cl)c(Cl)c2)nc(Nc2ccc(Cl)c(Cl)c2)n1. The summed E-state index contributed by atoms with van der Waals surface area (Å²) in [5.41, 5.74) is 1.35. The first-order chi connectivity index (χ1) is 14.9. The molecule has 0 aliphatic heterocycles. The number of nitrogens with one attached hydrogen (secondary N) is 2. The third-order valence-corrected chi connectivity index (χ3v) is 6.35. The Kier molecular flexibility index (Phi) is 6.74. The average molecular weight is 513 g/mol. The van der Waals surface area contributed by atoms with Crippen molar-refractivity contribution in [3.8, 4) is 0 Å². The first kappa shape index (κ1) is 22.0. The summed E-state index contributed by atoms with van der Waals surface area (Å²) in [6.07, 6.45) is 3.54. The Bertz CT molecular complexity index is 1180. The summed E-state index contributed by atoms with van der Waals surface area (Å²) >= 11 is 25.5. The van der Waals surface area contributed by atoms with Crippen LogP contribution in [0.25, 0.3) is 0 Å². The highest BCUT2D eigenvalue weighted by Crippen LogP contribution is 2.30. The number of hydrogen-bond acceptors (Lipinski definition) is 7. The summed E-state index contributed by atoms with van der Waals surface area (Å²) in [7, 11) is 1.89. The van der Waals surface area contributed by atoms with Crippen LogP contribution in [0.3, 0.4) is 0 Å². The second-order valence-corrected chi connectivity index (χ2v) is 8.76. The summed E-state index contributed by atoms with van der Waals surface area (Å²) in [5.74, 6) is 0.625. The number of imidazole rings is 1. The number of aromatic nitrogens is 5. The van der Waals surface area contributed by atoms with E-state index in [9.17, 15) is 0 Å². The van der Waals surface area contributed by atoms with E-state index in [1.807, 2.05) is 17.8 Å². The summed E-state index contributed by atoms with van der Waals surface area (Å²) < 4.78 is 1.87. The van der Waals surface area contributed by atoms with Gasteiger partial charge in [-0.05, 0) is 48.2 Å². The summed E-state index contributed by atoms with van der Waals surface area (Å²) in [6.45, 7) is 0. The minimum atomic E-state index is 0.313. The van der Waals surface area contributed by atoms with Crippen LogP contribution >= 0.6 is 58.2 Å². The molecule has 31 heavy (non-hydrogen) atoms. The number of hydrogen-bond donors (Lipinski definition) is 2. The lowest BCUT2D eigenvalue weighted by atomic mass is 10.3. The van der Waals surface area contributed by atoms with Crippen LogP contribution in [-0.4, -0.2) is 24.5 Å². The second-order valence-electron chi connectivity index (χ2n) is 6.20. The van der Waals surface area contributed by atoms with Crippen LogP contribution in [0.15, 0.2) is 59.1 Å². The Labute approximate surface area is 202 Å². The predicted octanol–water partition coefficient (Wildman–Crippen LogP) is 6.86. The third kappa shape index (κ3) is 5.53. The van der Waals surface area contributed by atoms with Gasteiger partial charge in [-0.2, -0.15) is 15.0 Å². The molecule has 0 atom stereocenters. The summed E-state index contributed by atoms with van der Waals surface area (Å²) in [5, 5.41) is 9.15. The van der Waals surface area contributed by atoms with Crippen molar-refractivity contribution in [1.82, 2.24) is 24.5 Å². The van der Waals surface area contributed by atoms with Crippen LogP contribution in [-0.2, 0) is 7.05 Å². The molecule has 7 nitrogen and oxygen atoms in total. The molecule has 12 heteroatoms. The van der Waals surface area contributed by atoms with Crippen LogP contribution in [0.1, 0.15) is 0 Å². The van der Waals surface area contributed by atoms with Crippen molar-refractivity contribution < 1.29 is 0 Å². The molecule has 0 fully saturated rings. The molecule has 2 heterocycles. The highest BCUT2D eigenvalue weighted by atomic mass is 35.5. The van der Waals surface area contributed by atoms with Crippen LogP contribution in [0.4, 0.5) is 23.3 Å². The minimum Gasteiger partial charge on any atom is -0.329 e. The standard InChI is InChI=1S/C19H13Cl4N7S/c1-30-7-6-24-19(30)31-18-28-16(25-10-2-4-12(20)14(22)8-10)27-17(29-18)26-11-3-5-13(21)15(23)9-11/h2-9H,1H3,(H2,25,26,27,28,29). The van der Waals surface area contributed by atoms with Gasteiger partial charge in [0.2, 0.25) is 17.1 Å². The Hall–Kier alpha value is -2.23. The lowest BCUT2D eigenvalue weighted by Gasteiger charge is -2.11. The van der Waals surface area contributed by atoms with Gasteiger partial charge < -0.3 is 15.2 Å². The van der Waals surface area contributed by atoms with E-state index in [-0.39, 0.29) is 0 Å². The van der Waals surface area contributed by atoms with Gasteiger partial charge in [0.1, 0.15) is 0 Å². The Morgan fingerprint density at radius 1 is 0.774 bits per heavy atom. The Balaban J connectivity index is 1.67. The van der Waals surface area contributed by atoms with Gasteiger partial charge in [-0.1, -0.05) is 46.4 Å². The van der Waals surface area contributed by atoms with Crippen molar-refractivity contribution in [3.63, 3.8) is 0 Å². The predicted molar refractivity (Wildman–Crippen MR) is 127 cm³/mol. The summed E-state index contributed by atoms with van der Waals surface area (Å²) in [6, 6.07) is 10.3. The Morgan fingerprint density at radius 3 is 1.77 bits per heavy atom. The van der Waals surface area contributed by atoms with Crippen molar-refractivity contribution >= 4 is 81.4 Å². The lowest BCUT2D eigenvalue weighted by Crippen LogP contribution is -2.05. The number of halogens is 4. The first-order valence-electron chi connectivity index (χ1n) is 8.73. The number of nitrogens with zero attached hydrogens (tertiary/aromatic N) is 5. The van der Waals surface area contributed by atoms with E-state index in [0.717, 1.165) is 5.16 Å². The highest BCUT2D eigenvalue weighted by molar-refractivity contribution is 7.99. The number of benzene rings is 2. The molecule has 2 aromatic carbocycles. The second kappa shape index (κ2) is 9.50. The fourth-order valence-corrected chi connectivity index (χ4v) is 3.79. The molecular weight excluding hydrogens is 500 g/mol. The van der Waals surface area contributed by atoms with Crippen LogP contribution in [0, 0.1) is 0 Å². The van der Waals surface area contributed by atoms with Crippen molar-refractivity contribution in [2.24, 2.45) is 7.05 Å². The lowest BCUT2D eigenvalue weighted by molar-refractivity contribution is 0.784. The molecule has 0 unspecified atom stereocenters. The normalized spacial score (nSPS) is 10.9. The van der Waals surface area contributed by atoms with Crippen molar-refractivity contribution in [3.05, 3.63) is 68.9 Å². The van der Waals surface area contributed by atoms with Crippen molar-refractivity contribution in [2.45, 2.75) is 10.3 Å². The molecule has 158 valence electrons. The highest BCUT2D eigenvalue weighted by Gasteiger charge is 2.12. The number of anilines is 4. The molecule has 0 aliphatic rings. The minimum absolute atomic E-state index is 0.313. The molecule has 0 amide bonds. The largest absolute Gasteiger partial charge is 0.329 e. The van der Waals surface area contributed by atoms with E-state index >= 15 is 0 Å². The van der Waals surface area contributed by atoms with Crippen LogP contribution in [0.5, 0.6) is 0 Å².